The number of benzene rings is 9. The number of thiophene rings is 3. The van der Waals surface area contributed by atoms with E-state index in [1.54, 1.807) is 11.3 Å². The van der Waals surface area contributed by atoms with E-state index in [2.05, 4.69) is 209 Å². The first-order valence-corrected chi connectivity index (χ1v) is 24.6. The van der Waals surface area contributed by atoms with Gasteiger partial charge in [-0.2, -0.15) is 0 Å². The predicted molar refractivity (Wildman–Crippen MR) is 282 cm³/mol. The highest BCUT2D eigenvalue weighted by Crippen LogP contribution is 2.54. The molecule has 2 aliphatic rings. The minimum atomic E-state index is -0.0730. The largest absolute Gasteiger partial charge is 0.456 e. The van der Waals surface area contributed by atoms with Crippen molar-refractivity contribution in [3.05, 3.63) is 199 Å². The van der Waals surface area contributed by atoms with E-state index in [1.807, 2.05) is 22.7 Å². The topological polar surface area (TPSA) is 19.6 Å². The second kappa shape index (κ2) is 13.6. The van der Waals surface area contributed by atoms with Crippen LogP contribution in [0.5, 0.6) is 0 Å². The lowest BCUT2D eigenvalue weighted by atomic mass is 9.33. The summed E-state index contributed by atoms with van der Waals surface area (Å²) in [6, 6.07) is 70.1. The smallest absolute Gasteiger partial charge is 0.252 e. The van der Waals surface area contributed by atoms with Gasteiger partial charge in [-0.3, -0.25) is 0 Å². The molecule has 65 heavy (non-hydrogen) atoms. The molecule has 15 rings (SSSR count). The molecular weight excluding hydrogens is 848 g/mol. The zero-order valence-electron chi connectivity index (χ0n) is 34.7. The summed E-state index contributed by atoms with van der Waals surface area (Å²) in [6.07, 6.45) is 0. The van der Waals surface area contributed by atoms with Gasteiger partial charge in [0.05, 0.1) is 28.1 Å². The Morgan fingerprint density at radius 3 is 1.63 bits per heavy atom. The van der Waals surface area contributed by atoms with Crippen LogP contribution in [0.25, 0.3) is 84.5 Å². The van der Waals surface area contributed by atoms with Crippen LogP contribution < -0.4 is 26.2 Å². The van der Waals surface area contributed by atoms with Gasteiger partial charge < -0.3 is 14.2 Å². The second-order valence-electron chi connectivity index (χ2n) is 17.2. The maximum absolute atomic E-state index is 6.76. The van der Waals surface area contributed by atoms with Gasteiger partial charge in [-0.25, -0.2) is 0 Å². The third-order valence-corrected chi connectivity index (χ3v) is 16.7. The van der Waals surface area contributed by atoms with Crippen LogP contribution in [0.3, 0.4) is 0 Å². The van der Waals surface area contributed by atoms with Gasteiger partial charge in [-0.15, -0.1) is 34.0 Å². The Bertz CT molecular complexity index is 3850. The van der Waals surface area contributed by atoms with E-state index < -0.39 is 0 Å². The Morgan fingerprint density at radius 2 is 0.969 bits per heavy atom. The molecule has 0 N–H and O–H groups in total. The van der Waals surface area contributed by atoms with Crippen LogP contribution >= 0.6 is 34.0 Å². The number of nitrogens with zero attached hydrogens (tertiary/aromatic N) is 2. The van der Waals surface area contributed by atoms with Gasteiger partial charge in [-0.1, -0.05) is 115 Å². The predicted octanol–water partition coefficient (Wildman–Crippen LogP) is 15.8. The summed E-state index contributed by atoms with van der Waals surface area (Å²) in [5.74, 6) is 0. The Kier molecular flexibility index (Phi) is 7.50. The molecule has 13 aromatic rings. The van der Waals surface area contributed by atoms with E-state index in [1.165, 1.54) is 107 Å². The second-order valence-corrected chi connectivity index (χ2v) is 20.1. The van der Waals surface area contributed by atoms with E-state index in [-0.39, 0.29) is 6.71 Å². The zero-order chi connectivity index (χ0) is 42.3. The fraction of sp³-hybridized carbons (Fsp3) is 0. The molecule has 302 valence electrons. The number of furan rings is 1. The first kappa shape index (κ1) is 36.0. The van der Waals surface area contributed by atoms with Gasteiger partial charge in [-0.05, 0) is 122 Å². The van der Waals surface area contributed by atoms with Crippen LogP contribution in [0, 0.1) is 0 Å². The molecule has 0 saturated carbocycles. The van der Waals surface area contributed by atoms with Gasteiger partial charge in [0.2, 0.25) is 0 Å². The highest BCUT2D eigenvalue weighted by molar-refractivity contribution is 7.26. The number of fused-ring (bicyclic) bond motifs is 14. The minimum absolute atomic E-state index is 0.0730. The normalized spacial score (nSPS) is 13.1. The standard InChI is InChI=1S/C58H33BN2OS3/c1-3-12-34(13-4-1)40-30-36-26-28-63-52(36)32-46(40)60-44-18-11-19-45-56(44)59(42-22-24-49-54(57(42)60)38-16-7-9-20-48(38)62-49)43-23-25-51-55(39-17-8-10-21-50(39)65-51)58(43)61(45)47-33-53-37(27-29-64-53)31-41(47)35-14-5-2-6-15-35/h1-33H. The van der Waals surface area contributed by atoms with Gasteiger partial charge in [0, 0.05) is 57.5 Å². The summed E-state index contributed by atoms with van der Waals surface area (Å²) < 4.78 is 11.9. The molecule has 7 heteroatoms. The third kappa shape index (κ3) is 5.06. The summed E-state index contributed by atoms with van der Waals surface area (Å²) in [5, 5.41) is 11.8. The first-order chi connectivity index (χ1) is 32.2. The van der Waals surface area contributed by atoms with Crippen molar-refractivity contribution < 1.29 is 4.42 Å². The fourth-order valence-electron chi connectivity index (χ4n) is 11.1. The minimum Gasteiger partial charge on any atom is -0.456 e. The monoisotopic (exact) mass is 880 g/mol. The molecule has 0 amide bonds. The van der Waals surface area contributed by atoms with Gasteiger partial charge in [0.25, 0.3) is 6.71 Å². The van der Waals surface area contributed by atoms with Crippen molar-refractivity contribution in [2.75, 3.05) is 9.80 Å². The first-order valence-electron chi connectivity index (χ1n) is 22.0. The lowest BCUT2D eigenvalue weighted by Gasteiger charge is -2.45. The molecule has 0 radical (unpaired) electrons. The van der Waals surface area contributed by atoms with Gasteiger partial charge in [0.1, 0.15) is 11.2 Å². The van der Waals surface area contributed by atoms with Crippen molar-refractivity contribution in [2.24, 2.45) is 0 Å². The molecule has 0 unspecified atom stereocenters. The zero-order valence-corrected chi connectivity index (χ0v) is 37.1. The van der Waals surface area contributed by atoms with Crippen molar-refractivity contribution >= 4 is 154 Å². The van der Waals surface area contributed by atoms with E-state index in [9.17, 15) is 0 Å². The van der Waals surface area contributed by atoms with Crippen LogP contribution in [0.2, 0.25) is 0 Å². The van der Waals surface area contributed by atoms with Crippen molar-refractivity contribution in [1.82, 2.24) is 0 Å². The Morgan fingerprint density at radius 1 is 0.400 bits per heavy atom. The lowest BCUT2D eigenvalue weighted by molar-refractivity contribution is 0.669. The molecule has 0 spiro atoms. The average molecular weight is 881 g/mol. The number of hydrogen-bond donors (Lipinski definition) is 0. The van der Waals surface area contributed by atoms with E-state index in [4.69, 9.17) is 4.42 Å². The molecular formula is C58H33BN2OS3. The Labute approximate surface area is 386 Å². The highest BCUT2D eigenvalue weighted by atomic mass is 32.1. The molecule has 9 aromatic carbocycles. The Hall–Kier alpha value is -7.42. The number of rotatable bonds is 4. The maximum Gasteiger partial charge on any atom is 0.252 e. The molecule has 6 heterocycles. The summed E-state index contributed by atoms with van der Waals surface area (Å²) >= 11 is 5.50. The third-order valence-electron chi connectivity index (χ3n) is 13.8. The molecule has 0 bridgehead atoms. The molecule has 4 aromatic heterocycles. The van der Waals surface area contributed by atoms with Crippen LogP contribution in [-0.4, -0.2) is 6.71 Å². The molecule has 0 aliphatic carbocycles. The molecule has 0 atom stereocenters. The molecule has 3 nitrogen and oxygen atoms in total. The Balaban J connectivity index is 1.13. The van der Waals surface area contributed by atoms with Crippen molar-refractivity contribution in [2.45, 2.75) is 0 Å². The number of anilines is 6. The summed E-state index contributed by atoms with van der Waals surface area (Å²) in [6.45, 7) is -0.0730. The van der Waals surface area contributed by atoms with Gasteiger partial charge >= 0.3 is 0 Å². The van der Waals surface area contributed by atoms with Gasteiger partial charge in [0.15, 0.2) is 0 Å². The molecule has 0 saturated heterocycles. The quantitative estimate of drug-likeness (QED) is 0.164. The van der Waals surface area contributed by atoms with Crippen LogP contribution in [0.1, 0.15) is 0 Å². The van der Waals surface area contributed by atoms with Crippen molar-refractivity contribution in [1.29, 1.82) is 0 Å². The van der Waals surface area contributed by atoms with E-state index >= 15 is 0 Å². The summed E-state index contributed by atoms with van der Waals surface area (Å²) in [7, 11) is 0. The number of para-hydroxylation sites is 1. The maximum atomic E-state index is 6.76. The fourth-order valence-corrected chi connectivity index (χ4v) is 13.8. The van der Waals surface area contributed by atoms with Crippen LogP contribution in [-0.2, 0) is 0 Å². The summed E-state index contributed by atoms with van der Waals surface area (Å²) in [4.78, 5) is 5.24. The molecule has 2 aliphatic heterocycles. The van der Waals surface area contributed by atoms with Crippen molar-refractivity contribution in [3.63, 3.8) is 0 Å². The SMILES string of the molecule is c1ccc(-c2cc3ccsc3cc2N2c3cccc4c3B(c3ccc5oc6ccccc6c5c32)c2ccc3sc5ccccc5c3c2N4c2cc3sccc3cc2-c2ccccc2)cc1. The molecule has 0 fully saturated rings. The van der Waals surface area contributed by atoms with Crippen LogP contribution in [0.15, 0.2) is 203 Å². The van der Waals surface area contributed by atoms with Crippen LogP contribution in [0.4, 0.5) is 34.1 Å². The van der Waals surface area contributed by atoms with Crippen molar-refractivity contribution in [3.8, 4) is 22.3 Å². The van der Waals surface area contributed by atoms with E-state index in [0.717, 1.165) is 27.6 Å². The van der Waals surface area contributed by atoms with E-state index in [0.29, 0.717) is 0 Å². The average Bonchev–Trinajstić information content (AvgIpc) is 4.18. The number of hydrogen-bond acceptors (Lipinski definition) is 6. The summed E-state index contributed by atoms with van der Waals surface area (Å²) in [5.41, 5.74) is 17.6. The highest BCUT2D eigenvalue weighted by Gasteiger charge is 2.46. The lowest BCUT2D eigenvalue weighted by Crippen LogP contribution is -2.61.